The van der Waals surface area contributed by atoms with Crippen LogP contribution in [0.1, 0.15) is 10.4 Å². The molecule has 1 heterocycles. The topological polar surface area (TPSA) is 46.5 Å². The Morgan fingerprint density at radius 3 is 2.84 bits per heavy atom. The summed E-state index contributed by atoms with van der Waals surface area (Å²) in [6.07, 6.45) is 0.513. The van der Waals surface area contributed by atoms with Crippen molar-refractivity contribution in [3.63, 3.8) is 0 Å². The summed E-state index contributed by atoms with van der Waals surface area (Å²) in [5.41, 5.74) is 1.10. The summed E-state index contributed by atoms with van der Waals surface area (Å²) in [5.74, 6) is -0.613. The molecule has 19 heavy (non-hydrogen) atoms. The molecule has 1 N–H and O–H groups in total. The third kappa shape index (κ3) is 4.10. The summed E-state index contributed by atoms with van der Waals surface area (Å²) >= 11 is 1.57. The maximum Gasteiger partial charge on any atom is 0.310 e. The lowest BCUT2D eigenvalue weighted by Gasteiger charge is -2.13. The van der Waals surface area contributed by atoms with Crippen molar-refractivity contribution in [2.45, 2.75) is 13.3 Å². The average Bonchev–Trinajstić information content (AvgIpc) is 2.87. The molecule has 1 unspecified atom stereocenters. The van der Waals surface area contributed by atoms with E-state index in [4.69, 9.17) is 4.74 Å². The molecule has 0 aliphatic heterocycles. The smallest absolute Gasteiger partial charge is 0.310 e. The van der Waals surface area contributed by atoms with Gasteiger partial charge in [-0.05, 0) is 42.5 Å². The number of aliphatic carboxylic acids is 1. The molecular formula is C15H16O3S. The van der Waals surface area contributed by atoms with Crippen LogP contribution in [0.4, 0.5) is 0 Å². The Hall–Kier alpha value is -1.81. The highest BCUT2D eigenvalue weighted by atomic mass is 32.1. The second-order valence-corrected chi connectivity index (χ2v) is 5.48. The monoisotopic (exact) mass is 276 g/mol. The number of carboxylic acids is 1. The number of carbonyl (C=O) groups is 1. The lowest BCUT2D eigenvalue weighted by molar-refractivity contribution is -0.142. The van der Waals surface area contributed by atoms with E-state index in [0.29, 0.717) is 6.42 Å². The molecule has 0 aliphatic rings. The van der Waals surface area contributed by atoms with Crippen LogP contribution in [-0.4, -0.2) is 17.7 Å². The average molecular weight is 276 g/mol. The molecule has 2 rings (SSSR count). The fourth-order valence-corrected chi connectivity index (χ4v) is 2.58. The van der Waals surface area contributed by atoms with Crippen molar-refractivity contribution < 1.29 is 14.6 Å². The predicted octanol–water partition coefficient (Wildman–Crippen LogP) is 3.38. The zero-order valence-corrected chi connectivity index (χ0v) is 11.5. The predicted molar refractivity (Wildman–Crippen MR) is 75.8 cm³/mol. The number of thiophene rings is 1. The third-order valence-electron chi connectivity index (χ3n) is 2.82. The number of hydrogen-bond acceptors (Lipinski definition) is 3. The van der Waals surface area contributed by atoms with E-state index < -0.39 is 11.9 Å². The van der Waals surface area contributed by atoms with Gasteiger partial charge in [-0.1, -0.05) is 18.2 Å². The molecule has 0 bridgehead atoms. The molecule has 4 heteroatoms. The number of benzene rings is 1. The maximum absolute atomic E-state index is 11.2. The molecule has 0 amide bonds. The molecule has 0 saturated carbocycles. The van der Waals surface area contributed by atoms with Crippen LogP contribution in [0.5, 0.6) is 5.75 Å². The van der Waals surface area contributed by atoms with Gasteiger partial charge in [-0.25, -0.2) is 0 Å². The van der Waals surface area contributed by atoms with Crippen molar-refractivity contribution in [2.75, 3.05) is 6.61 Å². The Bertz CT molecular complexity index is 534. The molecule has 0 aliphatic carbocycles. The van der Waals surface area contributed by atoms with Gasteiger partial charge in [0.2, 0.25) is 0 Å². The lowest BCUT2D eigenvalue weighted by atomic mass is 10.1. The van der Waals surface area contributed by atoms with Gasteiger partial charge < -0.3 is 9.84 Å². The first-order valence-electron chi connectivity index (χ1n) is 6.10. The minimum Gasteiger partial charge on any atom is -0.493 e. The first kappa shape index (κ1) is 13.6. The van der Waals surface area contributed by atoms with E-state index in [1.54, 1.807) is 11.3 Å². The van der Waals surface area contributed by atoms with E-state index in [0.717, 1.165) is 16.2 Å². The van der Waals surface area contributed by atoms with Crippen LogP contribution in [0.3, 0.4) is 0 Å². The van der Waals surface area contributed by atoms with Crippen molar-refractivity contribution in [1.82, 2.24) is 0 Å². The minimum atomic E-state index is -0.818. The molecular weight excluding hydrogens is 260 g/mol. The van der Waals surface area contributed by atoms with Gasteiger partial charge >= 0.3 is 5.97 Å². The molecule has 1 aromatic heterocycles. The van der Waals surface area contributed by atoms with Crippen molar-refractivity contribution in [1.29, 1.82) is 0 Å². The molecule has 2 aromatic rings. The van der Waals surface area contributed by atoms with E-state index >= 15 is 0 Å². The Morgan fingerprint density at radius 2 is 2.21 bits per heavy atom. The summed E-state index contributed by atoms with van der Waals surface area (Å²) in [7, 11) is 0. The molecule has 3 nitrogen and oxygen atoms in total. The van der Waals surface area contributed by atoms with Gasteiger partial charge in [-0.3, -0.25) is 4.79 Å². The van der Waals surface area contributed by atoms with Crippen LogP contribution >= 0.6 is 11.3 Å². The Balaban J connectivity index is 1.96. The lowest BCUT2D eigenvalue weighted by Crippen LogP contribution is -2.23. The SMILES string of the molecule is Cc1cccc(OCC(Cc2cccs2)C(=O)O)c1. The van der Waals surface area contributed by atoms with Gasteiger partial charge in [0, 0.05) is 4.88 Å². The summed E-state index contributed by atoms with van der Waals surface area (Å²) in [6, 6.07) is 11.5. The van der Waals surface area contributed by atoms with E-state index in [1.807, 2.05) is 48.7 Å². The highest BCUT2D eigenvalue weighted by Crippen LogP contribution is 2.18. The molecule has 1 atom stereocenters. The van der Waals surface area contributed by atoms with Gasteiger partial charge in [0.25, 0.3) is 0 Å². The summed E-state index contributed by atoms with van der Waals surface area (Å²) in [6.45, 7) is 2.17. The van der Waals surface area contributed by atoms with Crippen molar-refractivity contribution >= 4 is 17.3 Å². The number of aryl methyl sites for hydroxylation is 1. The van der Waals surface area contributed by atoms with Gasteiger partial charge in [0.1, 0.15) is 12.4 Å². The second kappa shape index (κ2) is 6.38. The summed E-state index contributed by atoms with van der Waals surface area (Å²) in [4.78, 5) is 12.3. The van der Waals surface area contributed by atoms with E-state index in [2.05, 4.69) is 0 Å². The fraction of sp³-hybridized carbons (Fsp3) is 0.267. The third-order valence-corrected chi connectivity index (χ3v) is 3.72. The Morgan fingerprint density at radius 1 is 1.37 bits per heavy atom. The van der Waals surface area contributed by atoms with Gasteiger partial charge in [0.05, 0.1) is 5.92 Å². The molecule has 0 spiro atoms. The first-order valence-corrected chi connectivity index (χ1v) is 6.98. The highest BCUT2D eigenvalue weighted by molar-refractivity contribution is 7.09. The summed E-state index contributed by atoms with van der Waals surface area (Å²) < 4.78 is 5.58. The molecule has 0 fully saturated rings. The minimum absolute atomic E-state index is 0.191. The van der Waals surface area contributed by atoms with Crippen molar-refractivity contribution in [2.24, 2.45) is 5.92 Å². The van der Waals surface area contributed by atoms with Crippen molar-refractivity contribution in [3.05, 3.63) is 52.2 Å². The van der Waals surface area contributed by atoms with E-state index in [1.165, 1.54) is 0 Å². The number of ether oxygens (including phenoxy) is 1. The highest BCUT2D eigenvalue weighted by Gasteiger charge is 2.19. The van der Waals surface area contributed by atoms with Crippen LogP contribution < -0.4 is 4.74 Å². The van der Waals surface area contributed by atoms with Crippen LogP contribution in [0.25, 0.3) is 0 Å². The molecule has 100 valence electrons. The normalized spacial score (nSPS) is 12.1. The van der Waals surface area contributed by atoms with E-state index in [9.17, 15) is 9.90 Å². The van der Waals surface area contributed by atoms with Crippen LogP contribution in [0.15, 0.2) is 41.8 Å². The number of rotatable bonds is 6. The standard InChI is InChI=1S/C15H16O3S/c1-11-4-2-5-13(8-11)18-10-12(15(16)17)9-14-6-3-7-19-14/h2-8,12H,9-10H2,1H3,(H,16,17). The van der Waals surface area contributed by atoms with Crippen LogP contribution in [-0.2, 0) is 11.2 Å². The van der Waals surface area contributed by atoms with Crippen LogP contribution in [0.2, 0.25) is 0 Å². The van der Waals surface area contributed by atoms with E-state index in [-0.39, 0.29) is 6.61 Å². The Kier molecular flexibility index (Phi) is 4.58. The second-order valence-electron chi connectivity index (χ2n) is 4.45. The molecule has 0 saturated heterocycles. The Labute approximate surface area is 116 Å². The molecule has 1 aromatic carbocycles. The quantitative estimate of drug-likeness (QED) is 0.879. The maximum atomic E-state index is 11.2. The first-order chi connectivity index (χ1) is 9.15. The zero-order valence-electron chi connectivity index (χ0n) is 10.7. The number of hydrogen-bond donors (Lipinski definition) is 1. The van der Waals surface area contributed by atoms with Crippen molar-refractivity contribution in [3.8, 4) is 5.75 Å². The van der Waals surface area contributed by atoms with Crippen LogP contribution in [0, 0.1) is 12.8 Å². The largest absolute Gasteiger partial charge is 0.493 e. The zero-order chi connectivity index (χ0) is 13.7. The summed E-state index contributed by atoms with van der Waals surface area (Å²) in [5, 5.41) is 11.2. The molecule has 0 radical (unpaired) electrons. The van der Waals surface area contributed by atoms with Gasteiger partial charge in [-0.15, -0.1) is 11.3 Å². The number of carboxylic acid groups (broad SMARTS) is 1. The fourth-order valence-electron chi connectivity index (χ4n) is 1.79. The van der Waals surface area contributed by atoms with Gasteiger partial charge in [-0.2, -0.15) is 0 Å². The van der Waals surface area contributed by atoms with Gasteiger partial charge in [0.15, 0.2) is 0 Å².